The fraction of sp³-hybridized carbons (Fsp3) is 0.368. The Bertz CT molecular complexity index is 881. The Morgan fingerprint density at radius 3 is 2.40 bits per heavy atom. The van der Waals surface area contributed by atoms with Crippen LogP contribution in [0.5, 0.6) is 0 Å². The fourth-order valence-electron chi connectivity index (χ4n) is 2.86. The maximum atomic E-state index is 12.7. The highest BCUT2D eigenvalue weighted by Crippen LogP contribution is 2.22. The highest BCUT2D eigenvalue weighted by molar-refractivity contribution is 6.30. The molecule has 1 aliphatic rings. The van der Waals surface area contributed by atoms with Gasteiger partial charge in [-0.05, 0) is 36.3 Å². The topological polar surface area (TPSA) is 123 Å². The van der Waals surface area contributed by atoms with E-state index in [1.54, 1.807) is 0 Å². The molecule has 0 aromatic heterocycles. The first-order valence-electron chi connectivity index (χ1n) is 9.01. The number of nitrogens with zero attached hydrogens (tertiary/aromatic N) is 1. The van der Waals surface area contributed by atoms with Crippen LogP contribution in [0.15, 0.2) is 35.5 Å². The smallest absolute Gasteiger partial charge is 0.390 e. The van der Waals surface area contributed by atoms with Crippen LogP contribution in [-0.2, 0) is 4.79 Å². The van der Waals surface area contributed by atoms with E-state index in [0.29, 0.717) is 15.5 Å². The Morgan fingerprint density at radius 1 is 1.20 bits per heavy atom. The maximum absolute atomic E-state index is 12.7. The summed E-state index contributed by atoms with van der Waals surface area (Å²) in [4.78, 5) is 24.6. The number of nitrogens with one attached hydrogen (secondary N) is 3. The predicted molar refractivity (Wildman–Crippen MR) is 107 cm³/mol. The van der Waals surface area contributed by atoms with E-state index < -0.39 is 31.0 Å². The molecular weight excluding hydrogens is 423 g/mol. The number of rotatable bonds is 6. The van der Waals surface area contributed by atoms with Crippen molar-refractivity contribution < 1.29 is 22.8 Å². The number of halogens is 4. The highest BCUT2D eigenvalue weighted by Gasteiger charge is 2.31. The number of ketones is 1. The van der Waals surface area contributed by atoms with Crippen molar-refractivity contribution in [1.29, 1.82) is 10.8 Å². The summed E-state index contributed by atoms with van der Waals surface area (Å²) in [5, 5.41) is 19.0. The number of amidine groups is 1. The normalized spacial score (nSPS) is 14.5. The fourth-order valence-corrected chi connectivity index (χ4v) is 2.99. The van der Waals surface area contributed by atoms with Gasteiger partial charge in [-0.1, -0.05) is 11.6 Å². The summed E-state index contributed by atoms with van der Waals surface area (Å²) in [5.41, 5.74) is 6.69. The van der Waals surface area contributed by atoms with Crippen LogP contribution in [-0.4, -0.2) is 47.5 Å². The molecule has 5 N–H and O–H groups in total. The summed E-state index contributed by atoms with van der Waals surface area (Å²) >= 11 is 5.79. The molecule has 0 heterocycles. The Hall–Kier alpha value is -2.88. The molecular formula is C19H21ClF3N5O2. The zero-order valence-electron chi connectivity index (χ0n) is 15.9. The third-order valence-electron chi connectivity index (χ3n) is 4.46. The largest absolute Gasteiger partial charge is 0.401 e. The molecule has 7 nitrogen and oxygen atoms in total. The molecule has 0 radical (unpaired) electrons. The molecule has 0 saturated carbocycles. The first-order valence-corrected chi connectivity index (χ1v) is 9.39. The number of hydrogen-bond donors (Lipinski definition) is 4. The van der Waals surface area contributed by atoms with Crippen molar-refractivity contribution in [3.05, 3.63) is 46.1 Å². The second-order valence-corrected chi connectivity index (χ2v) is 7.17. The van der Waals surface area contributed by atoms with Crippen molar-refractivity contribution in [2.75, 3.05) is 13.1 Å². The third-order valence-corrected chi connectivity index (χ3v) is 4.71. The maximum Gasteiger partial charge on any atom is 0.390 e. The molecule has 11 heteroatoms. The number of hydrogen-bond acceptors (Lipinski definition) is 5. The molecule has 0 saturated heterocycles. The van der Waals surface area contributed by atoms with Crippen LogP contribution in [0.25, 0.3) is 0 Å². The standard InChI is InChI=1S/C19H21ClF3N5O2/c20-12-3-1-11(2-4-12)17(26)28(8-7-19(21,22)23)18(30)27-10-16(25)14-6-5-13(29)9-15(14)24/h1-4,25-26H,5-10,24H2,(H,27,30). The SMILES string of the molecule is N=C(CNC(=O)N(CCC(F)(F)F)C(=N)c1ccc(Cl)cc1)C1=C(N)CC(=O)CC1. The van der Waals surface area contributed by atoms with Crippen molar-refractivity contribution in [3.63, 3.8) is 0 Å². The van der Waals surface area contributed by atoms with Gasteiger partial charge in [0.25, 0.3) is 0 Å². The van der Waals surface area contributed by atoms with E-state index in [0.717, 1.165) is 0 Å². The van der Waals surface area contributed by atoms with E-state index >= 15 is 0 Å². The van der Waals surface area contributed by atoms with E-state index in [4.69, 9.17) is 28.2 Å². The molecule has 0 aliphatic heterocycles. The minimum absolute atomic E-state index is 0.0258. The molecule has 162 valence electrons. The van der Waals surface area contributed by atoms with Gasteiger partial charge in [0.1, 0.15) is 11.6 Å². The zero-order chi connectivity index (χ0) is 22.5. The molecule has 2 amide bonds. The molecule has 1 aliphatic carbocycles. The van der Waals surface area contributed by atoms with Gasteiger partial charge in [0.2, 0.25) is 0 Å². The highest BCUT2D eigenvalue weighted by atomic mass is 35.5. The van der Waals surface area contributed by atoms with Gasteiger partial charge in [-0.2, -0.15) is 13.2 Å². The third kappa shape index (κ3) is 6.58. The van der Waals surface area contributed by atoms with E-state index in [1.807, 2.05) is 0 Å². The molecule has 0 atom stereocenters. The van der Waals surface area contributed by atoms with Crippen molar-refractivity contribution in [3.8, 4) is 0 Å². The molecule has 30 heavy (non-hydrogen) atoms. The van der Waals surface area contributed by atoms with E-state index in [9.17, 15) is 22.8 Å². The molecule has 0 unspecified atom stereocenters. The lowest BCUT2D eigenvalue weighted by atomic mass is 9.92. The number of allylic oxidation sites excluding steroid dienone is 1. The summed E-state index contributed by atoms with van der Waals surface area (Å²) < 4.78 is 38.1. The van der Waals surface area contributed by atoms with Gasteiger partial charge in [0.05, 0.1) is 18.7 Å². The average molecular weight is 444 g/mol. The van der Waals surface area contributed by atoms with Crippen LogP contribution in [0.4, 0.5) is 18.0 Å². The Balaban J connectivity index is 2.11. The lowest BCUT2D eigenvalue weighted by Crippen LogP contribution is -2.46. The first-order chi connectivity index (χ1) is 14.0. The van der Waals surface area contributed by atoms with E-state index in [-0.39, 0.29) is 48.6 Å². The lowest BCUT2D eigenvalue weighted by molar-refractivity contribution is -0.135. The number of urea groups is 1. The molecule has 1 aromatic rings. The number of alkyl halides is 3. The second-order valence-electron chi connectivity index (χ2n) is 6.73. The number of benzene rings is 1. The Morgan fingerprint density at radius 2 is 1.83 bits per heavy atom. The number of carbonyl (C=O) groups excluding carboxylic acids is 2. The van der Waals surface area contributed by atoms with Gasteiger partial charge in [0, 0.05) is 35.7 Å². The quantitative estimate of drug-likeness (QED) is 0.396. The minimum Gasteiger partial charge on any atom is -0.401 e. The van der Waals surface area contributed by atoms with Crippen LogP contribution in [0, 0.1) is 10.8 Å². The van der Waals surface area contributed by atoms with Gasteiger partial charge < -0.3 is 16.5 Å². The van der Waals surface area contributed by atoms with Crippen molar-refractivity contribution >= 4 is 35.0 Å². The summed E-state index contributed by atoms with van der Waals surface area (Å²) in [6.45, 7) is -1.05. The van der Waals surface area contributed by atoms with Crippen LogP contribution >= 0.6 is 11.6 Å². The summed E-state index contributed by atoms with van der Waals surface area (Å²) in [5.74, 6) is -0.468. The molecule has 0 fully saturated rings. The first kappa shape index (κ1) is 23.4. The summed E-state index contributed by atoms with van der Waals surface area (Å²) in [7, 11) is 0. The number of amides is 2. The van der Waals surface area contributed by atoms with Gasteiger partial charge in [-0.3, -0.25) is 15.1 Å². The van der Waals surface area contributed by atoms with Crippen LogP contribution in [0.2, 0.25) is 5.02 Å². The van der Waals surface area contributed by atoms with Gasteiger partial charge in [0.15, 0.2) is 0 Å². The van der Waals surface area contributed by atoms with Gasteiger partial charge in [-0.15, -0.1) is 0 Å². The zero-order valence-corrected chi connectivity index (χ0v) is 16.7. The van der Waals surface area contributed by atoms with Gasteiger partial charge in [-0.25, -0.2) is 4.79 Å². The number of carbonyl (C=O) groups is 2. The van der Waals surface area contributed by atoms with Crippen molar-refractivity contribution in [2.24, 2.45) is 5.73 Å². The molecule has 0 spiro atoms. The van der Waals surface area contributed by atoms with Crippen LogP contribution in [0.3, 0.4) is 0 Å². The molecule has 1 aromatic carbocycles. The van der Waals surface area contributed by atoms with Crippen molar-refractivity contribution in [2.45, 2.75) is 31.9 Å². The second kappa shape index (κ2) is 9.75. The Kier molecular flexibility index (Phi) is 7.60. The number of nitrogens with two attached hydrogens (primary N) is 1. The van der Waals surface area contributed by atoms with Crippen LogP contribution in [0.1, 0.15) is 31.2 Å². The molecule has 0 bridgehead atoms. The molecule has 2 rings (SSSR count). The Labute approximate surface area is 176 Å². The summed E-state index contributed by atoms with van der Waals surface area (Å²) in [6.07, 6.45) is -5.26. The van der Waals surface area contributed by atoms with E-state index in [2.05, 4.69) is 5.32 Å². The average Bonchev–Trinajstić information content (AvgIpc) is 2.65. The minimum atomic E-state index is -4.51. The summed E-state index contributed by atoms with van der Waals surface area (Å²) in [6, 6.07) is 4.81. The van der Waals surface area contributed by atoms with Crippen LogP contribution < -0.4 is 11.1 Å². The lowest BCUT2D eigenvalue weighted by Gasteiger charge is -2.25. The van der Waals surface area contributed by atoms with Crippen molar-refractivity contribution in [1.82, 2.24) is 10.2 Å². The van der Waals surface area contributed by atoms with E-state index in [1.165, 1.54) is 24.3 Å². The predicted octanol–water partition coefficient (Wildman–Crippen LogP) is 3.61. The number of Topliss-reactive ketones (excluding diaryl/α,β-unsaturated/α-hetero) is 1. The van der Waals surface area contributed by atoms with Gasteiger partial charge >= 0.3 is 12.2 Å². The monoisotopic (exact) mass is 443 g/mol.